The van der Waals surface area contributed by atoms with Gasteiger partial charge in [0.15, 0.2) is 0 Å². The molecule has 0 N–H and O–H groups in total. The number of aromatic nitrogens is 4. The second-order valence-corrected chi connectivity index (χ2v) is 8.30. The zero-order chi connectivity index (χ0) is 18.2. The van der Waals surface area contributed by atoms with E-state index in [-0.39, 0.29) is 5.56 Å². The third-order valence-electron chi connectivity index (χ3n) is 6.31. The molecule has 6 heteroatoms. The molecule has 1 saturated heterocycles. The number of fused-ring (bicyclic) bond motifs is 2. The van der Waals surface area contributed by atoms with E-state index in [9.17, 15) is 4.79 Å². The first-order chi connectivity index (χ1) is 13.3. The normalized spacial score (nSPS) is 19.8. The maximum absolute atomic E-state index is 12.4. The van der Waals surface area contributed by atoms with Crippen LogP contribution in [-0.2, 0) is 32.2 Å². The van der Waals surface area contributed by atoms with E-state index in [2.05, 4.69) is 20.0 Å². The largest absolute Gasteiger partial charge is 0.355 e. The standard InChI is InChI=1S/C21H27N5O/c27-20-10-16-6-4-5-8-18(16)24-26(20)13-15-11-25(12-15)21-17-7-2-1-3-9-19(17)22-14-23-21/h10,14-15H,1-9,11-13H2. The molecule has 3 aliphatic rings. The van der Waals surface area contributed by atoms with Crippen LogP contribution in [-0.4, -0.2) is 32.8 Å². The Morgan fingerprint density at radius 3 is 2.63 bits per heavy atom. The molecule has 0 aromatic carbocycles. The van der Waals surface area contributed by atoms with E-state index >= 15 is 0 Å². The molecule has 3 heterocycles. The summed E-state index contributed by atoms with van der Waals surface area (Å²) in [5, 5.41) is 4.68. The van der Waals surface area contributed by atoms with Gasteiger partial charge in [-0.05, 0) is 56.9 Å². The maximum Gasteiger partial charge on any atom is 0.267 e. The average Bonchev–Trinajstić information content (AvgIpc) is 2.90. The summed E-state index contributed by atoms with van der Waals surface area (Å²) in [4.78, 5) is 23.9. The molecule has 0 saturated carbocycles. The Morgan fingerprint density at radius 2 is 1.70 bits per heavy atom. The van der Waals surface area contributed by atoms with Crippen LogP contribution in [0.3, 0.4) is 0 Å². The lowest BCUT2D eigenvalue weighted by atomic mass is 9.96. The third kappa shape index (κ3) is 3.26. The summed E-state index contributed by atoms with van der Waals surface area (Å²) >= 11 is 0. The molecule has 0 spiro atoms. The van der Waals surface area contributed by atoms with Gasteiger partial charge in [-0.1, -0.05) is 6.42 Å². The van der Waals surface area contributed by atoms with Crippen molar-refractivity contribution in [2.45, 2.75) is 64.3 Å². The third-order valence-corrected chi connectivity index (χ3v) is 6.31. The number of rotatable bonds is 3. The first-order valence-electron chi connectivity index (χ1n) is 10.5. The van der Waals surface area contributed by atoms with Gasteiger partial charge in [0.2, 0.25) is 0 Å². The predicted octanol–water partition coefficient (Wildman–Crippen LogP) is 2.32. The van der Waals surface area contributed by atoms with E-state index in [0.717, 1.165) is 56.8 Å². The van der Waals surface area contributed by atoms with Crippen molar-refractivity contribution in [1.29, 1.82) is 0 Å². The number of aryl methyl sites for hydroxylation is 3. The molecule has 6 nitrogen and oxygen atoms in total. The van der Waals surface area contributed by atoms with Gasteiger partial charge in [-0.3, -0.25) is 4.79 Å². The molecule has 5 rings (SSSR count). The molecular weight excluding hydrogens is 338 g/mol. The summed E-state index contributed by atoms with van der Waals surface area (Å²) in [5.41, 5.74) is 4.97. The van der Waals surface area contributed by atoms with Crippen LogP contribution in [0.5, 0.6) is 0 Å². The Morgan fingerprint density at radius 1 is 0.926 bits per heavy atom. The molecule has 1 aliphatic heterocycles. The molecule has 2 aromatic rings. The Labute approximate surface area is 159 Å². The molecule has 0 radical (unpaired) electrons. The number of hydrogen-bond acceptors (Lipinski definition) is 5. The summed E-state index contributed by atoms with van der Waals surface area (Å²) in [5.74, 6) is 1.59. The van der Waals surface area contributed by atoms with Gasteiger partial charge in [0.1, 0.15) is 12.1 Å². The number of hydrogen-bond donors (Lipinski definition) is 0. The Bertz CT molecular complexity index is 900. The fourth-order valence-electron chi connectivity index (χ4n) is 4.79. The van der Waals surface area contributed by atoms with Crippen molar-refractivity contribution >= 4 is 5.82 Å². The minimum Gasteiger partial charge on any atom is -0.355 e. The van der Waals surface area contributed by atoms with E-state index in [0.29, 0.717) is 5.92 Å². The van der Waals surface area contributed by atoms with Crippen LogP contribution >= 0.6 is 0 Å². The van der Waals surface area contributed by atoms with Crippen LogP contribution in [0.4, 0.5) is 5.82 Å². The maximum atomic E-state index is 12.4. The van der Waals surface area contributed by atoms with Gasteiger partial charge < -0.3 is 4.90 Å². The molecule has 1 fully saturated rings. The van der Waals surface area contributed by atoms with Gasteiger partial charge in [0, 0.05) is 36.3 Å². The molecule has 0 amide bonds. The molecule has 2 aliphatic carbocycles. The lowest BCUT2D eigenvalue weighted by Crippen LogP contribution is -2.50. The van der Waals surface area contributed by atoms with Crippen molar-refractivity contribution in [2.75, 3.05) is 18.0 Å². The second kappa shape index (κ2) is 7.06. The van der Waals surface area contributed by atoms with Crippen LogP contribution in [0.15, 0.2) is 17.2 Å². The minimum atomic E-state index is 0.0602. The SMILES string of the molecule is O=c1cc2c(nn1CC1CN(c3ncnc4c3CCCCC4)C1)CCCC2. The Hall–Kier alpha value is -2.24. The molecule has 142 valence electrons. The fourth-order valence-corrected chi connectivity index (χ4v) is 4.79. The molecule has 0 unspecified atom stereocenters. The fraction of sp³-hybridized carbons (Fsp3) is 0.619. The number of nitrogens with zero attached hydrogens (tertiary/aromatic N) is 5. The van der Waals surface area contributed by atoms with Crippen LogP contribution < -0.4 is 10.5 Å². The highest BCUT2D eigenvalue weighted by Gasteiger charge is 2.31. The number of anilines is 1. The van der Waals surface area contributed by atoms with Gasteiger partial charge >= 0.3 is 0 Å². The lowest BCUT2D eigenvalue weighted by Gasteiger charge is -2.41. The van der Waals surface area contributed by atoms with Gasteiger partial charge in [-0.25, -0.2) is 14.6 Å². The Balaban J connectivity index is 1.29. The van der Waals surface area contributed by atoms with Gasteiger partial charge in [0.25, 0.3) is 5.56 Å². The lowest BCUT2D eigenvalue weighted by molar-refractivity contribution is 0.329. The smallest absolute Gasteiger partial charge is 0.267 e. The van der Waals surface area contributed by atoms with E-state index in [4.69, 9.17) is 0 Å². The van der Waals surface area contributed by atoms with Crippen molar-refractivity contribution in [3.8, 4) is 0 Å². The quantitative estimate of drug-likeness (QED) is 0.781. The first-order valence-corrected chi connectivity index (χ1v) is 10.5. The summed E-state index contributed by atoms with van der Waals surface area (Å²) in [7, 11) is 0. The highest BCUT2D eigenvalue weighted by molar-refractivity contribution is 5.51. The van der Waals surface area contributed by atoms with E-state index in [1.165, 1.54) is 48.9 Å². The molecule has 0 atom stereocenters. The zero-order valence-corrected chi connectivity index (χ0v) is 15.9. The van der Waals surface area contributed by atoms with Crippen LogP contribution in [0.2, 0.25) is 0 Å². The van der Waals surface area contributed by atoms with Crippen molar-refractivity contribution < 1.29 is 0 Å². The monoisotopic (exact) mass is 365 g/mol. The van der Waals surface area contributed by atoms with Crippen LogP contribution in [0.25, 0.3) is 0 Å². The highest BCUT2D eigenvalue weighted by atomic mass is 16.1. The Kier molecular flexibility index (Phi) is 4.42. The van der Waals surface area contributed by atoms with Gasteiger partial charge in [0.05, 0.1) is 12.2 Å². The molecule has 27 heavy (non-hydrogen) atoms. The van der Waals surface area contributed by atoms with Crippen molar-refractivity contribution in [1.82, 2.24) is 19.7 Å². The van der Waals surface area contributed by atoms with E-state index < -0.39 is 0 Å². The topological polar surface area (TPSA) is 63.9 Å². The molecule has 0 bridgehead atoms. The van der Waals surface area contributed by atoms with Crippen LogP contribution in [0, 0.1) is 5.92 Å². The average molecular weight is 365 g/mol. The summed E-state index contributed by atoms with van der Waals surface area (Å²) in [6.07, 6.45) is 12.0. The van der Waals surface area contributed by atoms with Crippen molar-refractivity contribution in [3.63, 3.8) is 0 Å². The summed E-state index contributed by atoms with van der Waals surface area (Å²) in [6.45, 7) is 2.62. The first kappa shape index (κ1) is 16.9. The van der Waals surface area contributed by atoms with Crippen molar-refractivity contribution in [3.05, 3.63) is 45.3 Å². The van der Waals surface area contributed by atoms with Crippen molar-refractivity contribution in [2.24, 2.45) is 5.92 Å². The summed E-state index contributed by atoms with van der Waals surface area (Å²) in [6, 6.07) is 1.82. The second-order valence-electron chi connectivity index (χ2n) is 8.30. The predicted molar refractivity (Wildman–Crippen MR) is 104 cm³/mol. The van der Waals surface area contributed by atoms with Crippen LogP contribution in [0.1, 0.15) is 54.6 Å². The molecular formula is C21H27N5O. The van der Waals surface area contributed by atoms with Gasteiger partial charge in [-0.2, -0.15) is 5.10 Å². The summed E-state index contributed by atoms with van der Waals surface area (Å²) < 4.78 is 1.70. The zero-order valence-electron chi connectivity index (χ0n) is 15.9. The van der Waals surface area contributed by atoms with E-state index in [1.54, 1.807) is 11.0 Å². The van der Waals surface area contributed by atoms with Gasteiger partial charge in [-0.15, -0.1) is 0 Å². The minimum absolute atomic E-state index is 0.0602. The molecule has 2 aromatic heterocycles. The van der Waals surface area contributed by atoms with E-state index in [1.807, 2.05) is 6.07 Å². The highest BCUT2D eigenvalue weighted by Crippen LogP contribution is 2.31.